The fourth-order valence-electron chi connectivity index (χ4n) is 1.45. The van der Waals surface area contributed by atoms with Crippen LogP contribution < -0.4 is 5.32 Å². The zero-order chi connectivity index (χ0) is 11.2. The number of hydrogen-bond acceptors (Lipinski definition) is 2. The molecular formula is C11H14N4O. The third-order valence-electron chi connectivity index (χ3n) is 2.30. The zero-order valence-electron chi connectivity index (χ0n) is 8.89. The minimum Gasteiger partial charge on any atom is -0.367 e. The molecule has 0 unspecified atom stereocenters. The summed E-state index contributed by atoms with van der Waals surface area (Å²) in [5.41, 5.74) is 0.669. The monoisotopic (exact) mass is 218 g/mol. The van der Waals surface area contributed by atoms with Crippen LogP contribution in [0.4, 0.5) is 0 Å². The van der Waals surface area contributed by atoms with Crippen LogP contribution in [0.25, 0.3) is 0 Å². The first-order chi connectivity index (χ1) is 7.86. The number of aromatic nitrogens is 3. The van der Waals surface area contributed by atoms with Crippen LogP contribution in [0.3, 0.4) is 0 Å². The highest BCUT2D eigenvalue weighted by Crippen LogP contribution is 1.96. The fraction of sp³-hybridized carbons (Fsp3) is 0.273. The van der Waals surface area contributed by atoms with Crippen molar-refractivity contribution < 1.29 is 4.79 Å². The SMILES string of the molecule is O=C(NCCCn1ccnc1)c1cc[nH]c1. The Kier molecular flexibility index (Phi) is 3.38. The van der Waals surface area contributed by atoms with E-state index in [2.05, 4.69) is 15.3 Å². The van der Waals surface area contributed by atoms with Gasteiger partial charge in [-0.15, -0.1) is 0 Å². The molecule has 0 aliphatic heterocycles. The fourth-order valence-corrected chi connectivity index (χ4v) is 1.45. The second-order valence-corrected chi connectivity index (χ2v) is 3.51. The second kappa shape index (κ2) is 5.16. The predicted molar refractivity (Wildman–Crippen MR) is 60.0 cm³/mol. The molecular weight excluding hydrogens is 204 g/mol. The molecule has 5 heteroatoms. The van der Waals surface area contributed by atoms with Crippen molar-refractivity contribution in [1.82, 2.24) is 19.9 Å². The van der Waals surface area contributed by atoms with E-state index in [1.165, 1.54) is 0 Å². The van der Waals surface area contributed by atoms with Crippen molar-refractivity contribution >= 4 is 5.91 Å². The van der Waals surface area contributed by atoms with E-state index in [-0.39, 0.29) is 5.91 Å². The standard InChI is InChI=1S/C11H14N4O/c16-11(10-2-4-12-8-10)14-3-1-6-15-7-5-13-9-15/h2,4-5,7-9,12H,1,3,6H2,(H,14,16). The molecule has 2 rings (SSSR count). The number of aromatic amines is 1. The van der Waals surface area contributed by atoms with Crippen molar-refractivity contribution in [1.29, 1.82) is 0 Å². The first kappa shape index (κ1) is 10.5. The van der Waals surface area contributed by atoms with E-state index < -0.39 is 0 Å². The number of carbonyl (C=O) groups excluding carboxylic acids is 1. The molecule has 2 heterocycles. The maximum absolute atomic E-state index is 11.5. The number of rotatable bonds is 5. The number of H-pyrrole nitrogens is 1. The molecule has 0 saturated carbocycles. The molecule has 2 aromatic rings. The molecule has 5 nitrogen and oxygen atoms in total. The average Bonchev–Trinajstić information content (AvgIpc) is 2.96. The van der Waals surface area contributed by atoms with Crippen LogP contribution in [0.15, 0.2) is 37.2 Å². The molecule has 0 saturated heterocycles. The summed E-state index contributed by atoms with van der Waals surface area (Å²) in [4.78, 5) is 18.3. The molecule has 0 aliphatic rings. The Hall–Kier alpha value is -2.04. The van der Waals surface area contributed by atoms with E-state index in [0.717, 1.165) is 13.0 Å². The van der Waals surface area contributed by atoms with Crippen molar-refractivity contribution in [2.75, 3.05) is 6.54 Å². The van der Waals surface area contributed by atoms with E-state index in [1.54, 1.807) is 31.0 Å². The van der Waals surface area contributed by atoms with E-state index in [1.807, 2.05) is 10.8 Å². The number of aryl methyl sites for hydroxylation is 1. The molecule has 0 fully saturated rings. The van der Waals surface area contributed by atoms with Crippen LogP contribution >= 0.6 is 0 Å². The maximum Gasteiger partial charge on any atom is 0.252 e. The van der Waals surface area contributed by atoms with Crippen LogP contribution in [0, 0.1) is 0 Å². The van der Waals surface area contributed by atoms with Gasteiger partial charge in [0.1, 0.15) is 0 Å². The van der Waals surface area contributed by atoms with Crippen molar-refractivity contribution in [3.8, 4) is 0 Å². The lowest BCUT2D eigenvalue weighted by Crippen LogP contribution is -2.24. The van der Waals surface area contributed by atoms with Gasteiger partial charge in [0.15, 0.2) is 0 Å². The number of nitrogens with one attached hydrogen (secondary N) is 2. The first-order valence-corrected chi connectivity index (χ1v) is 5.23. The van der Waals surface area contributed by atoms with Gasteiger partial charge in [0.05, 0.1) is 11.9 Å². The summed E-state index contributed by atoms with van der Waals surface area (Å²) in [7, 11) is 0. The molecule has 0 bridgehead atoms. The maximum atomic E-state index is 11.5. The van der Waals surface area contributed by atoms with Crippen LogP contribution in [0.1, 0.15) is 16.8 Å². The van der Waals surface area contributed by atoms with Gasteiger partial charge in [-0.3, -0.25) is 4.79 Å². The Morgan fingerprint density at radius 2 is 2.50 bits per heavy atom. The summed E-state index contributed by atoms with van der Waals surface area (Å²) >= 11 is 0. The lowest BCUT2D eigenvalue weighted by molar-refractivity contribution is 0.0953. The van der Waals surface area contributed by atoms with Gasteiger partial charge in [0.2, 0.25) is 0 Å². The minimum absolute atomic E-state index is 0.0353. The molecule has 1 amide bonds. The average molecular weight is 218 g/mol. The quantitative estimate of drug-likeness (QED) is 0.736. The van der Waals surface area contributed by atoms with Gasteiger partial charge in [0, 0.05) is 37.9 Å². The molecule has 2 aromatic heterocycles. The molecule has 84 valence electrons. The Bertz CT molecular complexity index is 419. The molecule has 0 atom stereocenters. The molecule has 0 aliphatic carbocycles. The predicted octanol–water partition coefficient (Wildman–Crippen LogP) is 1.03. The van der Waals surface area contributed by atoms with Crippen LogP contribution in [0.5, 0.6) is 0 Å². The lowest BCUT2D eigenvalue weighted by atomic mass is 10.3. The highest BCUT2D eigenvalue weighted by molar-refractivity contribution is 5.93. The molecule has 0 spiro atoms. The van der Waals surface area contributed by atoms with Gasteiger partial charge >= 0.3 is 0 Å². The summed E-state index contributed by atoms with van der Waals surface area (Å²) in [5, 5.41) is 2.85. The Balaban J connectivity index is 1.67. The first-order valence-electron chi connectivity index (χ1n) is 5.23. The van der Waals surface area contributed by atoms with Crippen LogP contribution in [0.2, 0.25) is 0 Å². The van der Waals surface area contributed by atoms with Gasteiger partial charge in [0.25, 0.3) is 5.91 Å². The molecule has 16 heavy (non-hydrogen) atoms. The number of amides is 1. The highest BCUT2D eigenvalue weighted by Gasteiger charge is 2.03. The van der Waals surface area contributed by atoms with Gasteiger partial charge in [-0.25, -0.2) is 4.98 Å². The third kappa shape index (κ3) is 2.73. The normalized spacial score (nSPS) is 10.2. The summed E-state index contributed by atoms with van der Waals surface area (Å²) in [6.45, 7) is 1.54. The van der Waals surface area contributed by atoms with E-state index in [0.29, 0.717) is 12.1 Å². The zero-order valence-corrected chi connectivity index (χ0v) is 8.89. The highest BCUT2D eigenvalue weighted by atomic mass is 16.1. The number of carbonyl (C=O) groups is 1. The number of nitrogens with zero attached hydrogens (tertiary/aromatic N) is 2. The van der Waals surface area contributed by atoms with E-state index in [9.17, 15) is 4.79 Å². The Morgan fingerprint density at radius 3 is 3.19 bits per heavy atom. The molecule has 0 aromatic carbocycles. The van der Waals surface area contributed by atoms with Gasteiger partial charge < -0.3 is 14.9 Å². The van der Waals surface area contributed by atoms with E-state index in [4.69, 9.17) is 0 Å². The van der Waals surface area contributed by atoms with Crippen molar-refractivity contribution in [3.63, 3.8) is 0 Å². The molecule has 0 radical (unpaired) electrons. The third-order valence-corrected chi connectivity index (χ3v) is 2.30. The van der Waals surface area contributed by atoms with E-state index >= 15 is 0 Å². The second-order valence-electron chi connectivity index (χ2n) is 3.51. The summed E-state index contributed by atoms with van der Waals surface area (Å²) in [5.74, 6) is -0.0353. The van der Waals surface area contributed by atoms with Gasteiger partial charge in [-0.2, -0.15) is 0 Å². The van der Waals surface area contributed by atoms with Crippen LogP contribution in [-0.4, -0.2) is 27.0 Å². The summed E-state index contributed by atoms with van der Waals surface area (Å²) < 4.78 is 1.99. The number of hydrogen-bond donors (Lipinski definition) is 2. The smallest absolute Gasteiger partial charge is 0.252 e. The minimum atomic E-state index is -0.0353. The largest absolute Gasteiger partial charge is 0.367 e. The van der Waals surface area contributed by atoms with Crippen molar-refractivity contribution in [3.05, 3.63) is 42.7 Å². The van der Waals surface area contributed by atoms with Crippen LogP contribution in [-0.2, 0) is 6.54 Å². The Morgan fingerprint density at radius 1 is 1.56 bits per heavy atom. The number of imidazole rings is 1. The summed E-state index contributed by atoms with van der Waals surface area (Å²) in [6.07, 6.45) is 9.75. The van der Waals surface area contributed by atoms with Crippen molar-refractivity contribution in [2.24, 2.45) is 0 Å². The van der Waals surface area contributed by atoms with Gasteiger partial charge in [-0.05, 0) is 12.5 Å². The molecule has 2 N–H and O–H groups in total. The summed E-state index contributed by atoms with van der Waals surface area (Å²) in [6, 6.07) is 1.76. The Labute approximate surface area is 93.5 Å². The lowest BCUT2D eigenvalue weighted by Gasteiger charge is -2.04. The topological polar surface area (TPSA) is 62.7 Å². The van der Waals surface area contributed by atoms with Gasteiger partial charge in [-0.1, -0.05) is 0 Å². The van der Waals surface area contributed by atoms with Crippen molar-refractivity contribution in [2.45, 2.75) is 13.0 Å².